The van der Waals surface area contributed by atoms with Gasteiger partial charge in [0.25, 0.3) is 0 Å². The van der Waals surface area contributed by atoms with Gasteiger partial charge in [0.2, 0.25) is 0 Å². The molecule has 1 aromatic rings. The topological polar surface area (TPSA) is 50.8 Å². The van der Waals surface area contributed by atoms with Crippen molar-refractivity contribution in [3.8, 4) is 5.75 Å². The minimum atomic E-state index is -0.430. The lowest BCUT2D eigenvalue weighted by atomic mass is 10.1. The third kappa shape index (κ3) is 5.73. The van der Waals surface area contributed by atoms with Crippen LogP contribution in [-0.4, -0.2) is 51.8 Å². The number of methoxy groups -OCH3 is 1. The monoisotopic (exact) mass is 328 g/mol. The Morgan fingerprint density at radius 2 is 2.09 bits per heavy atom. The molecule has 124 valence electrons. The summed E-state index contributed by atoms with van der Waals surface area (Å²) in [5, 5.41) is 3.72. The van der Waals surface area contributed by atoms with Gasteiger partial charge in [-0.1, -0.05) is 24.9 Å². The third-order valence-corrected chi connectivity index (χ3v) is 3.44. The highest BCUT2D eigenvalue weighted by atomic mass is 35.5. The van der Waals surface area contributed by atoms with Gasteiger partial charge in [0.05, 0.1) is 17.8 Å². The minimum Gasteiger partial charge on any atom is -0.496 e. The Kier molecular flexibility index (Phi) is 8.06. The average molecular weight is 329 g/mol. The Labute approximate surface area is 137 Å². The normalized spacial score (nSPS) is 10.6. The number of hydrogen-bond donors (Lipinski definition) is 1. The quantitative estimate of drug-likeness (QED) is 0.557. The molecule has 1 aromatic carbocycles. The molecule has 0 atom stereocenters. The van der Waals surface area contributed by atoms with E-state index >= 15 is 0 Å². The molecule has 0 aliphatic rings. The lowest BCUT2D eigenvalue weighted by molar-refractivity contribution is 0.0478. The molecule has 0 saturated carbocycles. The average Bonchev–Trinajstić information content (AvgIpc) is 2.48. The van der Waals surface area contributed by atoms with Crippen molar-refractivity contribution >= 4 is 23.3 Å². The Morgan fingerprint density at radius 3 is 2.68 bits per heavy atom. The molecule has 0 fully saturated rings. The van der Waals surface area contributed by atoms with Gasteiger partial charge in [-0.25, -0.2) is 4.79 Å². The summed E-state index contributed by atoms with van der Waals surface area (Å²) < 4.78 is 10.5. The van der Waals surface area contributed by atoms with Gasteiger partial charge in [0.15, 0.2) is 0 Å². The van der Waals surface area contributed by atoms with Gasteiger partial charge in [-0.05, 0) is 26.6 Å². The first-order valence-corrected chi connectivity index (χ1v) is 7.80. The van der Waals surface area contributed by atoms with Gasteiger partial charge in [-0.3, -0.25) is 0 Å². The number of carbonyl (C=O) groups is 1. The Morgan fingerprint density at radius 1 is 1.36 bits per heavy atom. The van der Waals surface area contributed by atoms with Crippen LogP contribution in [0, 0.1) is 0 Å². The molecule has 0 unspecified atom stereocenters. The van der Waals surface area contributed by atoms with E-state index in [0.29, 0.717) is 29.5 Å². The van der Waals surface area contributed by atoms with Crippen LogP contribution in [0.3, 0.4) is 0 Å². The van der Waals surface area contributed by atoms with Gasteiger partial charge < -0.3 is 19.7 Å². The van der Waals surface area contributed by atoms with Crippen LogP contribution in [0.25, 0.3) is 0 Å². The molecule has 1 rings (SSSR count). The fourth-order valence-corrected chi connectivity index (χ4v) is 2.05. The van der Waals surface area contributed by atoms with Crippen molar-refractivity contribution in [2.24, 2.45) is 0 Å². The van der Waals surface area contributed by atoms with E-state index in [0.717, 1.165) is 25.1 Å². The number of rotatable bonds is 9. The van der Waals surface area contributed by atoms with E-state index in [1.807, 2.05) is 19.0 Å². The van der Waals surface area contributed by atoms with Gasteiger partial charge in [0, 0.05) is 19.2 Å². The molecule has 0 aromatic heterocycles. The molecular formula is C16H25ClN2O3. The summed E-state index contributed by atoms with van der Waals surface area (Å²) in [6, 6.07) is 3.33. The summed E-state index contributed by atoms with van der Waals surface area (Å²) in [7, 11) is 5.36. The van der Waals surface area contributed by atoms with E-state index in [1.54, 1.807) is 12.1 Å². The molecule has 6 heteroatoms. The Balaban J connectivity index is 2.82. The lowest BCUT2D eigenvalue weighted by Gasteiger charge is -2.14. The summed E-state index contributed by atoms with van der Waals surface area (Å²) in [6.07, 6.45) is 2.14. The van der Waals surface area contributed by atoms with Crippen LogP contribution >= 0.6 is 11.6 Å². The zero-order chi connectivity index (χ0) is 16.5. The number of hydrogen-bond acceptors (Lipinski definition) is 5. The van der Waals surface area contributed by atoms with Crippen LogP contribution in [0.15, 0.2) is 12.1 Å². The first-order chi connectivity index (χ1) is 10.5. The highest BCUT2D eigenvalue weighted by Gasteiger charge is 2.17. The molecule has 5 nitrogen and oxygen atoms in total. The second-order valence-corrected chi connectivity index (χ2v) is 5.66. The number of anilines is 1. The van der Waals surface area contributed by atoms with Crippen LogP contribution in [0.1, 0.15) is 30.1 Å². The maximum atomic E-state index is 12.1. The molecule has 0 saturated heterocycles. The smallest absolute Gasteiger partial charge is 0.342 e. The molecule has 0 bridgehead atoms. The molecule has 22 heavy (non-hydrogen) atoms. The van der Waals surface area contributed by atoms with Gasteiger partial charge in [-0.2, -0.15) is 0 Å². The Hall–Kier alpha value is -1.46. The number of nitrogens with zero attached hydrogens (tertiary/aromatic N) is 1. The maximum Gasteiger partial charge on any atom is 0.342 e. The van der Waals surface area contributed by atoms with Crippen LogP contribution in [-0.2, 0) is 4.74 Å². The van der Waals surface area contributed by atoms with Crippen LogP contribution in [0.2, 0.25) is 5.02 Å². The van der Waals surface area contributed by atoms with Gasteiger partial charge >= 0.3 is 5.97 Å². The van der Waals surface area contributed by atoms with Crippen molar-refractivity contribution in [2.75, 3.05) is 46.2 Å². The number of carbonyl (C=O) groups excluding carboxylic acids is 1. The molecule has 0 amide bonds. The fraction of sp³-hybridized carbons (Fsp3) is 0.562. The van der Waals surface area contributed by atoms with Gasteiger partial charge in [-0.15, -0.1) is 0 Å². The van der Waals surface area contributed by atoms with E-state index in [2.05, 4.69) is 12.2 Å². The Bertz CT molecular complexity index is 493. The number of esters is 1. The van der Waals surface area contributed by atoms with E-state index in [-0.39, 0.29) is 0 Å². The molecule has 0 aliphatic carbocycles. The van der Waals surface area contributed by atoms with E-state index in [9.17, 15) is 4.79 Å². The van der Waals surface area contributed by atoms with Crippen molar-refractivity contribution in [1.29, 1.82) is 0 Å². The number of likely N-dealkylation sites (N-methyl/N-ethyl adjacent to an activating group) is 1. The predicted octanol–water partition coefficient (Wildman–Crippen LogP) is 3.28. The summed E-state index contributed by atoms with van der Waals surface area (Å²) in [5.41, 5.74) is 1.10. The second kappa shape index (κ2) is 9.54. The van der Waals surface area contributed by atoms with Crippen LogP contribution in [0.5, 0.6) is 5.75 Å². The number of benzene rings is 1. The first-order valence-electron chi connectivity index (χ1n) is 7.42. The van der Waals surface area contributed by atoms with Crippen molar-refractivity contribution in [3.63, 3.8) is 0 Å². The van der Waals surface area contributed by atoms with Crippen molar-refractivity contribution in [1.82, 2.24) is 4.90 Å². The number of nitrogens with one attached hydrogen (secondary N) is 1. The molecule has 0 spiro atoms. The fourth-order valence-electron chi connectivity index (χ4n) is 1.82. The summed E-state index contributed by atoms with van der Waals surface area (Å²) in [5.74, 6) is 0.0268. The van der Waals surface area contributed by atoms with Crippen molar-refractivity contribution in [3.05, 3.63) is 22.7 Å². The summed E-state index contributed by atoms with van der Waals surface area (Å²) >= 11 is 6.23. The van der Waals surface area contributed by atoms with Crippen LogP contribution < -0.4 is 10.1 Å². The summed E-state index contributed by atoms with van der Waals surface area (Å²) in [6.45, 7) is 3.93. The molecular weight excluding hydrogens is 304 g/mol. The van der Waals surface area contributed by atoms with Crippen LogP contribution in [0.4, 0.5) is 5.69 Å². The molecule has 1 N–H and O–H groups in total. The lowest BCUT2D eigenvalue weighted by Crippen LogP contribution is -2.20. The van der Waals surface area contributed by atoms with E-state index in [1.165, 1.54) is 7.11 Å². The van der Waals surface area contributed by atoms with Crippen molar-refractivity contribution in [2.45, 2.75) is 19.8 Å². The van der Waals surface area contributed by atoms with Crippen molar-refractivity contribution < 1.29 is 14.3 Å². The molecule has 0 aliphatic heterocycles. The summed E-state index contributed by atoms with van der Waals surface area (Å²) in [4.78, 5) is 14.1. The van der Waals surface area contributed by atoms with E-state index < -0.39 is 5.97 Å². The number of unbranched alkanes of at least 4 members (excludes halogenated alkanes) is 1. The zero-order valence-corrected chi connectivity index (χ0v) is 14.5. The van der Waals surface area contributed by atoms with E-state index in [4.69, 9.17) is 21.1 Å². The highest BCUT2D eigenvalue weighted by Crippen LogP contribution is 2.31. The third-order valence-electron chi connectivity index (χ3n) is 3.13. The predicted molar refractivity (Wildman–Crippen MR) is 90.2 cm³/mol. The highest BCUT2D eigenvalue weighted by molar-refractivity contribution is 6.33. The maximum absolute atomic E-state index is 12.1. The minimum absolute atomic E-state index is 0.323. The SMILES string of the molecule is CCCCNc1cc(OC)c(C(=O)OCCN(C)C)cc1Cl. The second-order valence-electron chi connectivity index (χ2n) is 5.25. The van der Waals surface area contributed by atoms with Gasteiger partial charge in [0.1, 0.15) is 17.9 Å². The zero-order valence-electron chi connectivity index (χ0n) is 13.7. The number of ether oxygens (including phenoxy) is 2. The first kappa shape index (κ1) is 18.6. The number of halogens is 1. The largest absolute Gasteiger partial charge is 0.496 e. The molecule has 0 radical (unpaired) electrons. The molecule has 0 heterocycles. The standard InChI is InChI=1S/C16H25ClN2O3/c1-5-6-7-18-14-11-15(21-4)12(10-13(14)17)16(20)22-9-8-19(2)3/h10-11,18H,5-9H2,1-4H3.